The number of hydrogen-bond donors (Lipinski definition) is 1. The zero-order valence-corrected chi connectivity index (χ0v) is 9.89. The summed E-state index contributed by atoms with van der Waals surface area (Å²) in [5.41, 5.74) is 0. The Labute approximate surface area is 94.7 Å². The first-order chi connectivity index (χ1) is 7.40. The fourth-order valence-corrected chi connectivity index (χ4v) is 2.53. The van der Waals surface area contributed by atoms with Crippen LogP contribution < -0.4 is 5.32 Å². The number of nitrogens with one attached hydrogen (secondary N) is 1. The minimum absolute atomic E-state index is 0.349. The highest BCUT2D eigenvalue weighted by atomic mass is 32.1. The normalized spacial score (nSPS) is 18.3. The van der Waals surface area contributed by atoms with E-state index in [1.54, 1.807) is 11.3 Å². The molecule has 0 aromatic carbocycles. The van der Waals surface area contributed by atoms with Crippen molar-refractivity contribution >= 4 is 17.2 Å². The first-order valence-corrected chi connectivity index (χ1v) is 6.47. The van der Waals surface area contributed by atoms with E-state index in [1.807, 2.05) is 11.6 Å². The molecule has 1 atom stereocenters. The molecular weight excluding hydrogens is 206 g/mol. The second kappa shape index (κ2) is 5.26. The predicted molar refractivity (Wildman–Crippen MR) is 64.4 cm³/mol. The molecule has 2 heterocycles. The number of thiazole rings is 1. The molecule has 0 saturated heterocycles. The molecule has 2 rings (SSSR count). The summed E-state index contributed by atoms with van der Waals surface area (Å²) in [6, 6.07) is 0.349. The third-order valence-electron chi connectivity index (χ3n) is 2.62. The van der Waals surface area contributed by atoms with Crippen LogP contribution in [0.25, 0.3) is 0 Å². The molecule has 1 N–H and O–H groups in total. The van der Waals surface area contributed by atoms with Gasteiger partial charge in [-0.3, -0.25) is 4.99 Å². The van der Waals surface area contributed by atoms with E-state index in [4.69, 9.17) is 0 Å². The van der Waals surface area contributed by atoms with Crippen molar-refractivity contribution < 1.29 is 0 Å². The Morgan fingerprint density at radius 3 is 3.07 bits per heavy atom. The van der Waals surface area contributed by atoms with Crippen LogP contribution in [0.4, 0.5) is 0 Å². The van der Waals surface area contributed by atoms with Gasteiger partial charge in [0.25, 0.3) is 0 Å². The number of hydrogen-bond acceptors (Lipinski definition) is 4. The van der Waals surface area contributed by atoms with Gasteiger partial charge in [0.1, 0.15) is 5.01 Å². The molecule has 1 aromatic rings. The first-order valence-electron chi connectivity index (χ1n) is 5.59. The van der Waals surface area contributed by atoms with Crippen LogP contribution in [0.3, 0.4) is 0 Å². The highest BCUT2D eigenvalue weighted by Crippen LogP contribution is 2.19. The average Bonchev–Trinajstić information content (AvgIpc) is 2.81. The van der Waals surface area contributed by atoms with Gasteiger partial charge in [-0.1, -0.05) is 6.92 Å². The van der Waals surface area contributed by atoms with Crippen molar-refractivity contribution in [1.82, 2.24) is 10.3 Å². The van der Waals surface area contributed by atoms with Gasteiger partial charge < -0.3 is 5.32 Å². The van der Waals surface area contributed by atoms with Gasteiger partial charge >= 0.3 is 0 Å². The smallest absolute Gasteiger partial charge is 0.115 e. The van der Waals surface area contributed by atoms with Gasteiger partial charge in [0.2, 0.25) is 0 Å². The Morgan fingerprint density at radius 1 is 1.53 bits per heavy atom. The van der Waals surface area contributed by atoms with Crippen molar-refractivity contribution in [3.8, 4) is 0 Å². The maximum absolute atomic E-state index is 4.51. The summed E-state index contributed by atoms with van der Waals surface area (Å²) in [4.78, 5) is 8.86. The van der Waals surface area contributed by atoms with Gasteiger partial charge in [-0.15, -0.1) is 11.3 Å². The fourth-order valence-electron chi connectivity index (χ4n) is 1.76. The molecule has 1 aliphatic heterocycles. The van der Waals surface area contributed by atoms with Crippen molar-refractivity contribution in [3.63, 3.8) is 0 Å². The molecule has 0 aliphatic carbocycles. The van der Waals surface area contributed by atoms with E-state index in [1.165, 1.54) is 23.7 Å². The molecule has 3 nitrogen and oxygen atoms in total. The molecule has 1 aliphatic rings. The lowest BCUT2D eigenvalue weighted by atomic mass is 10.1. The molecule has 82 valence electrons. The summed E-state index contributed by atoms with van der Waals surface area (Å²) in [7, 11) is 0. The fraction of sp³-hybridized carbons (Fsp3) is 0.636. The minimum atomic E-state index is 0.349. The number of aliphatic imine (C=N–C) groups is 1. The Balaban J connectivity index is 1.99. The van der Waals surface area contributed by atoms with E-state index in [9.17, 15) is 0 Å². The van der Waals surface area contributed by atoms with Crippen molar-refractivity contribution in [3.05, 3.63) is 16.6 Å². The zero-order valence-electron chi connectivity index (χ0n) is 9.07. The minimum Gasteiger partial charge on any atom is -0.365 e. The van der Waals surface area contributed by atoms with Gasteiger partial charge in [0.05, 0.1) is 11.9 Å². The maximum atomic E-state index is 4.51. The van der Waals surface area contributed by atoms with Crippen molar-refractivity contribution in [2.45, 2.75) is 38.6 Å². The number of amidine groups is 1. The second-order valence-electron chi connectivity index (χ2n) is 3.76. The second-order valence-corrected chi connectivity index (χ2v) is 4.69. The van der Waals surface area contributed by atoms with Gasteiger partial charge in [-0.2, -0.15) is 0 Å². The van der Waals surface area contributed by atoms with Crippen molar-refractivity contribution in [2.24, 2.45) is 4.99 Å². The van der Waals surface area contributed by atoms with E-state index in [2.05, 4.69) is 22.2 Å². The van der Waals surface area contributed by atoms with E-state index in [0.717, 1.165) is 19.4 Å². The predicted octanol–water partition coefficient (Wildman–Crippen LogP) is 2.77. The van der Waals surface area contributed by atoms with Crippen LogP contribution in [0.5, 0.6) is 0 Å². The molecule has 0 saturated carbocycles. The van der Waals surface area contributed by atoms with Gasteiger partial charge in [0.15, 0.2) is 0 Å². The van der Waals surface area contributed by atoms with Gasteiger partial charge in [-0.05, 0) is 19.3 Å². The standard InChI is InChI=1S/C11H17N3S/c1-2-9(11-13-7-8-15-11)14-10-5-3-4-6-12-10/h7-9H,2-6H2,1H3,(H,12,14). The van der Waals surface area contributed by atoms with Crippen LogP contribution >= 0.6 is 11.3 Å². The first kappa shape index (κ1) is 10.6. The number of aromatic nitrogens is 1. The van der Waals surface area contributed by atoms with Gasteiger partial charge in [0, 0.05) is 24.5 Å². The van der Waals surface area contributed by atoms with Crippen LogP contribution in [0.15, 0.2) is 16.6 Å². The summed E-state index contributed by atoms with van der Waals surface area (Å²) >= 11 is 1.72. The summed E-state index contributed by atoms with van der Waals surface area (Å²) in [5, 5.41) is 6.71. The molecule has 0 fully saturated rings. The van der Waals surface area contributed by atoms with Crippen LogP contribution in [-0.4, -0.2) is 17.4 Å². The molecule has 0 radical (unpaired) electrons. The zero-order chi connectivity index (χ0) is 10.5. The number of nitrogens with zero attached hydrogens (tertiary/aromatic N) is 2. The maximum Gasteiger partial charge on any atom is 0.115 e. The molecule has 0 amide bonds. The Morgan fingerprint density at radius 2 is 2.47 bits per heavy atom. The van der Waals surface area contributed by atoms with Crippen LogP contribution in [0.2, 0.25) is 0 Å². The lowest BCUT2D eigenvalue weighted by molar-refractivity contribution is 0.596. The molecule has 1 aromatic heterocycles. The van der Waals surface area contributed by atoms with Crippen LogP contribution in [0, 0.1) is 0 Å². The van der Waals surface area contributed by atoms with E-state index in [0.29, 0.717) is 6.04 Å². The lowest BCUT2D eigenvalue weighted by Crippen LogP contribution is -2.29. The SMILES string of the molecule is CCC(NC1=NCCCC1)c1nccs1. The topological polar surface area (TPSA) is 37.3 Å². The van der Waals surface area contributed by atoms with Gasteiger partial charge in [-0.25, -0.2) is 4.98 Å². The van der Waals surface area contributed by atoms with Crippen molar-refractivity contribution in [2.75, 3.05) is 6.54 Å². The molecule has 15 heavy (non-hydrogen) atoms. The summed E-state index contributed by atoms with van der Waals surface area (Å²) in [6.45, 7) is 3.17. The highest BCUT2D eigenvalue weighted by Gasteiger charge is 2.14. The largest absolute Gasteiger partial charge is 0.365 e. The summed E-state index contributed by atoms with van der Waals surface area (Å²) in [5.74, 6) is 1.17. The average molecular weight is 223 g/mol. The molecule has 1 unspecified atom stereocenters. The molecule has 4 heteroatoms. The van der Waals surface area contributed by atoms with Crippen LogP contribution in [0.1, 0.15) is 43.7 Å². The Bertz CT molecular complexity index is 319. The molecule has 0 spiro atoms. The summed E-state index contributed by atoms with van der Waals surface area (Å²) < 4.78 is 0. The quantitative estimate of drug-likeness (QED) is 0.855. The third kappa shape index (κ3) is 2.78. The Hall–Kier alpha value is -0.900. The number of rotatable bonds is 3. The van der Waals surface area contributed by atoms with Crippen molar-refractivity contribution in [1.29, 1.82) is 0 Å². The molecular formula is C11H17N3S. The Kier molecular flexibility index (Phi) is 3.72. The third-order valence-corrected chi connectivity index (χ3v) is 3.51. The molecule has 0 bridgehead atoms. The lowest BCUT2D eigenvalue weighted by Gasteiger charge is -2.19. The summed E-state index contributed by atoms with van der Waals surface area (Å²) in [6.07, 6.45) is 6.53. The van der Waals surface area contributed by atoms with E-state index < -0.39 is 0 Å². The van der Waals surface area contributed by atoms with E-state index in [-0.39, 0.29) is 0 Å². The highest BCUT2D eigenvalue weighted by molar-refractivity contribution is 7.09. The monoisotopic (exact) mass is 223 g/mol. The van der Waals surface area contributed by atoms with E-state index >= 15 is 0 Å². The van der Waals surface area contributed by atoms with Crippen LogP contribution in [-0.2, 0) is 0 Å².